The van der Waals surface area contributed by atoms with Gasteiger partial charge < -0.3 is 55.8 Å². The van der Waals surface area contributed by atoms with E-state index in [0.717, 1.165) is 75.0 Å². The molecule has 0 spiro atoms. The fourth-order valence-electron chi connectivity index (χ4n) is 17.3. The Morgan fingerprint density at radius 1 is 0.291 bits per heavy atom. The van der Waals surface area contributed by atoms with Crippen molar-refractivity contribution in [3.05, 3.63) is 371 Å². The summed E-state index contributed by atoms with van der Waals surface area (Å²) in [6.45, 7) is 26.6. The van der Waals surface area contributed by atoms with E-state index in [2.05, 4.69) is 263 Å². The third kappa shape index (κ3) is 25.6. The molecule has 3 amide bonds. The van der Waals surface area contributed by atoms with Gasteiger partial charge in [-0.05, 0) is 182 Å². The first kappa shape index (κ1) is 102. The zero-order valence-corrected chi connectivity index (χ0v) is 80.1. The van der Waals surface area contributed by atoms with E-state index in [1.165, 1.54) is 134 Å². The molecular weight excluding hydrogens is 1660 g/mol. The molecule has 0 radical (unpaired) electrons. The second-order valence-corrected chi connectivity index (χ2v) is 31.4. The Kier molecular flexibility index (Phi) is 40.8. The number of carboxylic acid groups (broad SMARTS) is 1. The van der Waals surface area contributed by atoms with Crippen LogP contribution in [0.15, 0.2) is 315 Å². The molecule has 1 aliphatic carbocycles. The molecular formula is C116H136N12O6. The lowest BCUT2D eigenvalue weighted by molar-refractivity contribution is -0.119. The van der Waals surface area contributed by atoms with Crippen LogP contribution in [0.1, 0.15) is 196 Å². The van der Waals surface area contributed by atoms with Crippen molar-refractivity contribution in [2.45, 2.75) is 166 Å². The monoisotopic (exact) mass is 1790 g/mol. The number of amides is 3. The van der Waals surface area contributed by atoms with Crippen LogP contribution in [0, 0.1) is 0 Å². The van der Waals surface area contributed by atoms with Gasteiger partial charge in [0, 0.05) is 199 Å². The van der Waals surface area contributed by atoms with Gasteiger partial charge in [-0.25, -0.2) is 10.2 Å². The predicted molar refractivity (Wildman–Crippen MR) is 563 cm³/mol. The molecule has 0 unspecified atom stereocenters. The van der Waals surface area contributed by atoms with Gasteiger partial charge in [0.2, 0.25) is 0 Å². The highest BCUT2D eigenvalue weighted by atomic mass is 16.4. The predicted octanol–water partition coefficient (Wildman–Crippen LogP) is 24.8. The van der Waals surface area contributed by atoms with Crippen LogP contribution in [0.4, 0.5) is 0 Å². The van der Waals surface area contributed by atoms with Gasteiger partial charge >= 0.3 is 5.97 Å². The zero-order valence-electron chi connectivity index (χ0n) is 80.1. The van der Waals surface area contributed by atoms with Crippen LogP contribution in [0.3, 0.4) is 0 Å². The van der Waals surface area contributed by atoms with Gasteiger partial charge in [0.25, 0.3) is 17.7 Å². The number of carboxylic acids is 1. The number of aryl methyl sites for hydroxylation is 2. The van der Waals surface area contributed by atoms with Gasteiger partial charge in [0.15, 0.2) is 0 Å². The van der Waals surface area contributed by atoms with Crippen LogP contribution in [0.5, 0.6) is 0 Å². The number of ketones is 1. The number of unbranched alkanes of at least 4 members (excludes halogenated alkanes) is 2. The van der Waals surface area contributed by atoms with Crippen molar-refractivity contribution in [1.82, 2.24) is 44.3 Å². The molecule has 13 aromatic carbocycles. The molecule has 18 nitrogen and oxygen atoms in total. The fraction of sp³-hybridized carbons (Fsp3) is 0.267. The van der Waals surface area contributed by atoms with E-state index in [-0.39, 0.29) is 17.7 Å². The molecule has 18 aromatic rings. The summed E-state index contributed by atoms with van der Waals surface area (Å²) in [6.07, 6.45) is 10.3. The number of aromatic carboxylic acids is 1. The van der Waals surface area contributed by atoms with Crippen LogP contribution >= 0.6 is 0 Å². The molecule has 19 rings (SSSR count). The van der Waals surface area contributed by atoms with E-state index in [1.807, 2.05) is 154 Å². The maximum Gasteiger partial charge on any atom is 0.335 e. The fourth-order valence-corrected chi connectivity index (χ4v) is 17.3. The number of carbonyl (C=O) groups excluding carboxylic acids is 4. The van der Waals surface area contributed by atoms with Gasteiger partial charge in [-0.2, -0.15) is 0 Å². The first-order chi connectivity index (χ1) is 65.9. The Morgan fingerprint density at radius 2 is 0.560 bits per heavy atom. The van der Waals surface area contributed by atoms with E-state index in [0.29, 0.717) is 80.1 Å². The minimum absolute atomic E-state index is 0.0844. The summed E-state index contributed by atoms with van der Waals surface area (Å²) in [5, 5.41) is 26.2. The van der Waals surface area contributed by atoms with Gasteiger partial charge in [0.1, 0.15) is 5.78 Å². The number of para-hydroxylation sites is 9. The lowest BCUT2D eigenvalue weighted by Gasteiger charge is -2.16. The van der Waals surface area contributed by atoms with Gasteiger partial charge in [-0.3, -0.25) is 24.6 Å². The second kappa shape index (κ2) is 53.5. The number of carbonyl (C=O) groups is 5. The van der Waals surface area contributed by atoms with Crippen LogP contribution < -0.4 is 38.7 Å². The molecule has 18 heteroatoms. The molecule has 134 heavy (non-hydrogen) atoms. The SMILES string of the molecule is CC.CC.CC.CC.CC.CNNC(=O)c1ccc(Cn2c3c(c4ccccc42)CCCC3)cc1.NCCCC(=O)CCCCCn1c2ccccc2c2ccccc21.NCCNC(=O)c1ccc(Cn2c3ccccc3c3ccccc32)cc1.NCCNC(=O)c1ccc(Cn2c3ccccc3c3ccccc32)cc1.O=C(O)c1ccc(Cn2c3ccccc3c3ccccc32)cc1. The van der Waals surface area contributed by atoms with Crippen molar-refractivity contribution in [2.75, 3.05) is 39.8 Å². The van der Waals surface area contributed by atoms with Crippen molar-refractivity contribution < 1.29 is 29.1 Å². The topological polar surface area (TPSA) is 256 Å². The number of nitrogens with two attached hydrogens (primary N) is 3. The standard InChI is InChI=1S/2C22H21N3O.C21H23N3O.C21H26N2O.C20H15NO2.5C2H6/c2*23-13-14-24-22(26)17-11-9-16(10-12-17)15-25-20-7-3-1-5-18(20)19-6-2-4-8-21(19)25;1-22-23-21(25)16-12-10-15(11-13-16)14-24-19-8-4-2-6-17(19)18-7-3-5-9-20(18)24;22-15-8-10-17(24)9-2-1-7-16-23-20-13-5-3-11-18(20)19-12-4-6-14-21(19)23;22-20(23)15-11-9-14(10-12-15)13-21-18-7-3-1-5-16(18)17-6-2-4-8-19(17)21;5*1-2/h2*1-12H,13-15,23H2,(H,24,26);2,4,6,8,10-13,22H,3,5,7,9,14H2,1H3,(H,23,25);3-6,11-14H,1-2,7-10,15-16,22H2;1-12H,13H2,(H,22,23);5*1-2H3. The number of nitrogens with one attached hydrogen (secondary N) is 4. The number of benzene rings is 13. The maximum absolute atomic E-state index is 12.0. The number of rotatable bonds is 26. The van der Waals surface area contributed by atoms with E-state index >= 15 is 0 Å². The molecule has 5 heterocycles. The second-order valence-electron chi connectivity index (χ2n) is 31.4. The first-order valence-electron chi connectivity index (χ1n) is 48.1. The Balaban J connectivity index is 0.000000169. The average Bonchev–Trinajstić information content (AvgIpc) is 1.75. The first-order valence-corrected chi connectivity index (χ1v) is 48.1. The van der Waals surface area contributed by atoms with Gasteiger partial charge in [-0.15, -0.1) is 0 Å². The minimum Gasteiger partial charge on any atom is -0.478 e. The number of hydrazine groups is 1. The Morgan fingerprint density at radius 3 is 0.866 bits per heavy atom. The van der Waals surface area contributed by atoms with E-state index in [9.17, 15) is 24.0 Å². The zero-order chi connectivity index (χ0) is 95.7. The highest BCUT2D eigenvalue weighted by molar-refractivity contribution is 6.11. The minimum atomic E-state index is -0.895. The summed E-state index contributed by atoms with van der Waals surface area (Å²) in [6, 6.07) is 107. The Bertz CT molecular complexity index is 6370. The number of Topliss-reactive ketones (excluding diaryl/α,β-unsaturated/α-hetero) is 1. The number of aromatic nitrogens is 5. The molecule has 1 aliphatic rings. The number of hydrogen-bond donors (Lipinski definition) is 8. The summed E-state index contributed by atoms with van der Waals surface area (Å²) < 4.78 is 11.8. The lowest BCUT2D eigenvalue weighted by atomic mass is 9.95. The molecule has 0 saturated carbocycles. The normalized spacial score (nSPS) is 11.0. The molecule has 0 saturated heterocycles. The Labute approximate surface area is 790 Å². The number of nitrogens with zero attached hydrogens (tertiary/aromatic N) is 5. The third-order valence-corrected chi connectivity index (χ3v) is 23.3. The van der Waals surface area contributed by atoms with Crippen molar-refractivity contribution in [2.24, 2.45) is 17.2 Å². The highest BCUT2D eigenvalue weighted by Gasteiger charge is 2.22. The molecule has 0 atom stereocenters. The summed E-state index contributed by atoms with van der Waals surface area (Å²) in [7, 11) is 1.69. The summed E-state index contributed by atoms with van der Waals surface area (Å²) in [4.78, 5) is 58.5. The van der Waals surface area contributed by atoms with Crippen molar-refractivity contribution in [3.63, 3.8) is 0 Å². The van der Waals surface area contributed by atoms with Gasteiger partial charge in [0.05, 0.1) is 5.56 Å². The molecule has 696 valence electrons. The summed E-state index contributed by atoms with van der Waals surface area (Å²) in [5.74, 6) is -0.818. The quantitative estimate of drug-likeness (QED) is 0.0188. The van der Waals surface area contributed by atoms with Crippen LogP contribution in [0.2, 0.25) is 0 Å². The third-order valence-electron chi connectivity index (χ3n) is 23.3. The van der Waals surface area contributed by atoms with Crippen molar-refractivity contribution in [3.8, 4) is 0 Å². The van der Waals surface area contributed by atoms with E-state index < -0.39 is 5.97 Å². The average molecular weight is 1790 g/mol. The lowest BCUT2D eigenvalue weighted by Crippen LogP contribution is -2.34. The summed E-state index contributed by atoms with van der Waals surface area (Å²) >= 11 is 0. The largest absolute Gasteiger partial charge is 0.478 e. The van der Waals surface area contributed by atoms with Gasteiger partial charge in [-0.1, -0.05) is 288 Å². The Hall–Kier alpha value is -14.0. The molecule has 0 aliphatic heterocycles. The van der Waals surface area contributed by atoms with Crippen LogP contribution in [-0.4, -0.2) is 97.2 Å². The van der Waals surface area contributed by atoms with E-state index in [1.54, 1.807) is 19.2 Å². The molecule has 0 fully saturated rings. The molecule has 11 N–H and O–H groups in total. The van der Waals surface area contributed by atoms with Crippen molar-refractivity contribution >= 4 is 128 Å². The molecule has 5 aromatic heterocycles. The number of fused-ring (bicyclic) bond motifs is 15. The highest BCUT2D eigenvalue weighted by Crippen LogP contribution is 2.36. The maximum atomic E-state index is 12.0. The van der Waals surface area contributed by atoms with Crippen molar-refractivity contribution in [1.29, 1.82) is 0 Å². The van der Waals surface area contributed by atoms with Crippen LogP contribution in [-0.2, 0) is 50.4 Å². The van der Waals surface area contributed by atoms with Crippen LogP contribution in [0.25, 0.3) is 98.1 Å². The summed E-state index contributed by atoms with van der Waals surface area (Å²) in [5.41, 5.74) is 42.7. The number of hydrogen-bond acceptors (Lipinski definition) is 9. The smallest absolute Gasteiger partial charge is 0.335 e. The molecule has 0 bridgehead atoms. The van der Waals surface area contributed by atoms with E-state index in [4.69, 9.17) is 22.3 Å².